The van der Waals surface area contributed by atoms with Crippen LogP contribution in [0.25, 0.3) is 6.08 Å². The van der Waals surface area contributed by atoms with Gasteiger partial charge in [-0.05, 0) is 36.1 Å². The van der Waals surface area contributed by atoms with E-state index in [9.17, 15) is 14.9 Å². The van der Waals surface area contributed by atoms with E-state index in [0.29, 0.717) is 36.4 Å². The van der Waals surface area contributed by atoms with Crippen LogP contribution in [0.5, 0.6) is 0 Å². The fraction of sp³-hybridized carbons (Fsp3) is 0.333. The Morgan fingerprint density at radius 2 is 2.30 bits per heavy atom. The number of nitrogens with one attached hydrogen (secondary N) is 1. The molecule has 9 heteroatoms. The molecule has 1 aliphatic rings. The molecule has 3 rings (SSSR count). The van der Waals surface area contributed by atoms with Gasteiger partial charge in [0.2, 0.25) is 5.91 Å². The van der Waals surface area contributed by atoms with E-state index in [1.54, 1.807) is 24.5 Å². The Morgan fingerprint density at radius 3 is 3.03 bits per heavy atom. The number of thiophene rings is 1. The van der Waals surface area contributed by atoms with Gasteiger partial charge in [0.15, 0.2) is 0 Å². The molecule has 8 nitrogen and oxygen atoms in total. The minimum atomic E-state index is -0.730. The van der Waals surface area contributed by atoms with Crippen molar-refractivity contribution in [1.29, 1.82) is 5.26 Å². The summed E-state index contributed by atoms with van der Waals surface area (Å²) in [5.41, 5.74) is 2.18. The van der Waals surface area contributed by atoms with Gasteiger partial charge in [0.1, 0.15) is 23.8 Å². The molecule has 0 saturated heterocycles. The van der Waals surface area contributed by atoms with E-state index in [0.717, 1.165) is 16.0 Å². The van der Waals surface area contributed by atoms with E-state index in [1.165, 1.54) is 24.5 Å². The lowest BCUT2D eigenvalue weighted by Crippen LogP contribution is -2.26. The molecule has 1 amide bonds. The highest BCUT2D eigenvalue weighted by atomic mass is 32.1. The highest BCUT2D eigenvalue weighted by molar-refractivity contribution is 7.16. The van der Waals surface area contributed by atoms with Crippen LogP contribution in [0.3, 0.4) is 0 Å². The molecule has 2 aromatic rings. The number of pyridine rings is 1. The van der Waals surface area contributed by atoms with Crippen LogP contribution < -0.4 is 5.32 Å². The Labute approximate surface area is 178 Å². The Bertz CT molecular complexity index is 965. The molecule has 0 fully saturated rings. The van der Waals surface area contributed by atoms with Crippen LogP contribution in [-0.4, -0.2) is 43.5 Å². The van der Waals surface area contributed by atoms with Crippen LogP contribution in [-0.2, 0) is 31.8 Å². The first kappa shape index (κ1) is 21.5. The van der Waals surface area contributed by atoms with Gasteiger partial charge in [0.05, 0.1) is 12.2 Å². The van der Waals surface area contributed by atoms with E-state index in [4.69, 9.17) is 14.2 Å². The van der Waals surface area contributed by atoms with Crippen molar-refractivity contribution >= 4 is 34.5 Å². The highest BCUT2D eigenvalue weighted by Crippen LogP contribution is 2.38. The Kier molecular flexibility index (Phi) is 7.54. The summed E-state index contributed by atoms with van der Waals surface area (Å²) < 4.78 is 15.1. The number of nitrogens with zero attached hydrogens (tertiary/aromatic N) is 2. The third kappa shape index (κ3) is 5.65. The quantitative estimate of drug-likeness (QED) is 0.410. The van der Waals surface area contributed by atoms with Gasteiger partial charge in [0, 0.05) is 36.9 Å². The van der Waals surface area contributed by atoms with Crippen LogP contribution in [0.2, 0.25) is 0 Å². The van der Waals surface area contributed by atoms with Crippen LogP contribution in [0.15, 0.2) is 30.6 Å². The van der Waals surface area contributed by atoms with E-state index < -0.39 is 6.16 Å². The smallest absolute Gasteiger partial charge is 0.432 e. The maximum atomic E-state index is 12.3. The minimum absolute atomic E-state index is 0.133. The molecular formula is C21H21N3O5S. The number of amides is 1. The molecule has 0 bridgehead atoms. The largest absolute Gasteiger partial charge is 0.508 e. The zero-order valence-electron chi connectivity index (χ0n) is 16.4. The van der Waals surface area contributed by atoms with Crippen molar-refractivity contribution in [3.05, 3.63) is 52.2 Å². The Hall–Kier alpha value is -3.22. The second-order valence-corrected chi connectivity index (χ2v) is 7.61. The lowest BCUT2D eigenvalue weighted by atomic mass is 9.94. The third-order valence-electron chi connectivity index (χ3n) is 4.45. The number of ether oxygens (including phenoxy) is 3. The molecule has 1 atom stereocenters. The third-order valence-corrected chi connectivity index (χ3v) is 5.62. The number of hydrogen-bond donors (Lipinski definition) is 1. The molecule has 1 aliphatic carbocycles. The molecule has 2 heterocycles. The lowest BCUT2D eigenvalue weighted by molar-refractivity contribution is -0.111. The fourth-order valence-electron chi connectivity index (χ4n) is 3.04. The maximum Gasteiger partial charge on any atom is 0.508 e. The van der Waals surface area contributed by atoms with Gasteiger partial charge in [-0.2, -0.15) is 5.26 Å². The van der Waals surface area contributed by atoms with E-state index in [2.05, 4.69) is 16.4 Å². The second-order valence-electron chi connectivity index (χ2n) is 6.50. The molecule has 0 aliphatic heterocycles. The first-order chi connectivity index (χ1) is 14.6. The molecule has 0 aromatic carbocycles. The van der Waals surface area contributed by atoms with Gasteiger partial charge in [-0.1, -0.05) is 6.07 Å². The topological polar surface area (TPSA) is 111 Å². The number of methoxy groups -OCH3 is 1. The summed E-state index contributed by atoms with van der Waals surface area (Å²) in [7, 11) is 1.52. The molecule has 30 heavy (non-hydrogen) atoms. The van der Waals surface area contributed by atoms with Crippen molar-refractivity contribution in [2.24, 2.45) is 0 Å². The number of nitriles is 1. The van der Waals surface area contributed by atoms with Gasteiger partial charge < -0.3 is 19.5 Å². The molecule has 0 radical (unpaired) electrons. The van der Waals surface area contributed by atoms with Gasteiger partial charge in [-0.3, -0.25) is 9.78 Å². The number of carbonyl (C=O) groups is 2. The van der Waals surface area contributed by atoms with Gasteiger partial charge >= 0.3 is 6.16 Å². The average molecular weight is 427 g/mol. The zero-order chi connectivity index (χ0) is 21.3. The molecule has 2 aromatic heterocycles. The van der Waals surface area contributed by atoms with Gasteiger partial charge in [-0.25, -0.2) is 4.79 Å². The summed E-state index contributed by atoms with van der Waals surface area (Å²) in [5.74, 6) is -0.330. The monoisotopic (exact) mass is 427 g/mol. The summed E-state index contributed by atoms with van der Waals surface area (Å²) in [5, 5.41) is 12.9. The molecule has 0 saturated carbocycles. The van der Waals surface area contributed by atoms with E-state index in [1.807, 2.05) is 6.07 Å². The number of aromatic nitrogens is 1. The van der Waals surface area contributed by atoms with Crippen molar-refractivity contribution < 1.29 is 23.8 Å². The molecule has 156 valence electrons. The molecule has 0 spiro atoms. The zero-order valence-corrected chi connectivity index (χ0v) is 17.2. The van der Waals surface area contributed by atoms with Crippen molar-refractivity contribution in [2.45, 2.75) is 25.4 Å². The second kappa shape index (κ2) is 10.5. The standard InChI is InChI=1S/C21H21N3O5S/c1-27-9-10-28-21(26)29-15-5-6-16-17(12-22)20(30-18(16)11-15)24-19(25)7-4-14-3-2-8-23-13-14/h2-4,7-8,13,15H,5-6,9-11H2,1H3,(H,24,25). The highest BCUT2D eigenvalue weighted by Gasteiger charge is 2.28. The minimum Gasteiger partial charge on any atom is -0.432 e. The summed E-state index contributed by atoms with van der Waals surface area (Å²) in [4.78, 5) is 28.9. The summed E-state index contributed by atoms with van der Waals surface area (Å²) in [6.07, 6.45) is 6.96. The Balaban J connectivity index is 1.63. The van der Waals surface area contributed by atoms with Crippen LogP contribution in [0.4, 0.5) is 9.80 Å². The van der Waals surface area contributed by atoms with Gasteiger partial charge in [0.25, 0.3) is 0 Å². The van der Waals surface area contributed by atoms with Crippen LogP contribution in [0, 0.1) is 11.3 Å². The number of fused-ring (bicyclic) bond motifs is 1. The van der Waals surface area contributed by atoms with Crippen molar-refractivity contribution in [1.82, 2.24) is 4.98 Å². The van der Waals surface area contributed by atoms with Crippen molar-refractivity contribution in [3.63, 3.8) is 0 Å². The van der Waals surface area contributed by atoms with Crippen molar-refractivity contribution in [3.8, 4) is 6.07 Å². The normalized spacial score (nSPS) is 15.3. The van der Waals surface area contributed by atoms with E-state index >= 15 is 0 Å². The van der Waals surface area contributed by atoms with Gasteiger partial charge in [-0.15, -0.1) is 11.3 Å². The SMILES string of the molecule is COCCOC(=O)OC1CCc2c(sc(NC(=O)C=Cc3cccnc3)c2C#N)C1. The number of hydrogen-bond acceptors (Lipinski definition) is 8. The number of carbonyl (C=O) groups excluding carboxylic acids is 2. The summed E-state index contributed by atoms with van der Waals surface area (Å²) in [6, 6.07) is 5.81. The summed E-state index contributed by atoms with van der Waals surface area (Å²) >= 11 is 1.34. The molecule has 1 unspecified atom stereocenters. The first-order valence-corrected chi connectivity index (χ1v) is 10.2. The first-order valence-electron chi connectivity index (χ1n) is 9.36. The number of anilines is 1. The average Bonchev–Trinajstić information content (AvgIpc) is 3.09. The Morgan fingerprint density at radius 1 is 1.43 bits per heavy atom. The number of rotatable bonds is 7. The molecule has 1 N–H and O–H groups in total. The predicted octanol–water partition coefficient (Wildman–Crippen LogP) is 3.32. The van der Waals surface area contributed by atoms with Crippen LogP contribution in [0.1, 0.15) is 28.0 Å². The van der Waals surface area contributed by atoms with E-state index in [-0.39, 0.29) is 18.6 Å². The maximum absolute atomic E-state index is 12.3. The molecular weight excluding hydrogens is 406 g/mol. The fourth-order valence-corrected chi connectivity index (χ4v) is 4.31. The lowest BCUT2D eigenvalue weighted by Gasteiger charge is -2.21. The van der Waals surface area contributed by atoms with Crippen LogP contribution >= 0.6 is 11.3 Å². The van der Waals surface area contributed by atoms with Crippen molar-refractivity contribution in [2.75, 3.05) is 25.6 Å². The predicted molar refractivity (Wildman–Crippen MR) is 111 cm³/mol. The summed E-state index contributed by atoms with van der Waals surface area (Å²) in [6.45, 7) is 0.437.